The molecule has 0 saturated heterocycles. The molecule has 4 nitrogen and oxygen atoms in total. The number of anilines is 1. The van der Waals surface area contributed by atoms with E-state index in [-0.39, 0.29) is 0 Å². The molecule has 0 spiro atoms. The maximum absolute atomic E-state index is 4.17. The van der Waals surface area contributed by atoms with Gasteiger partial charge in [0.25, 0.3) is 0 Å². The number of rotatable bonds is 6. The molecule has 0 bridgehead atoms. The third kappa shape index (κ3) is 5.86. The molecule has 0 heterocycles. The summed E-state index contributed by atoms with van der Waals surface area (Å²) in [6.07, 6.45) is 5.94. The van der Waals surface area contributed by atoms with Crippen molar-refractivity contribution < 1.29 is 0 Å². The van der Waals surface area contributed by atoms with Crippen LogP contribution in [0.3, 0.4) is 0 Å². The van der Waals surface area contributed by atoms with Crippen LogP contribution in [0, 0.1) is 0 Å². The van der Waals surface area contributed by atoms with Crippen LogP contribution in [0.2, 0.25) is 0 Å². The highest BCUT2D eigenvalue weighted by Crippen LogP contribution is 2.18. The van der Waals surface area contributed by atoms with Crippen LogP contribution in [0.15, 0.2) is 58.4 Å². The summed E-state index contributed by atoms with van der Waals surface area (Å²) in [5.74, 6) is 0. The van der Waals surface area contributed by atoms with Crippen molar-refractivity contribution in [3.05, 3.63) is 48.2 Å². The Kier molecular flexibility index (Phi) is 6.36. The van der Waals surface area contributed by atoms with Crippen LogP contribution in [0.5, 0.6) is 0 Å². The number of allylic oxidation sites excluding steroid dienone is 2. The standard InChI is InChI=1S/C15H22N4/c1-13(12-16-2)6-5-11-17-18-14-7-9-15(10-8-14)19(3)4/h5-10,12,16H,11H2,1-4H3/b6-5-,13-12-,18-17+. The third-order valence-corrected chi connectivity index (χ3v) is 2.49. The number of nitrogens with zero attached hydrogens (tertiary/aromatic N) is 3. The van der Waals surface area contributed by atoms with Gasteiger partial charge in [-0.05, 0) is 43.0 Å². The fraction of sp³-hybridized carbons (Fsp3) is 0.333. The van der Waals surface area contributed by atoms with Crippen LogP contribution in [0.1, 0.15) is 6.92 Å². The van der Waals surface area contributed by atoms with Crippen molar-refractivity contribution in [3.8, 4) is 0 Å². The van der Waals surface area contributed by atoms with E-state index in [1.165, 1.54) is 0 Å². The molecule has 102 valence electrons. The van der Waals surface area contributed by atoms with Gasteiger partial charge in [0.15, 0.2) is 0 Å². The molecule has 0 saturated carbocycles. The summed E-state index contributed by atoms with van der Waals surface area (Å²) in [4.78, 5) is 2.06. The summed E-state index contributed by atoms with van der Waals surface area (Å²) in [6.45, 7) is 2.62. The largest absolute Gasteiger partial charge is 0.394 e. The first-order chi connectivity index (χ1) is 9.13. The third-order valence-electron chi connectivity index (χ3n) is 2.49. The first-order valence-electron chi connectivity index (χ1n) is 6.29. The van der Waals surface area contributed by atoms with E-state index in [2.05, 4.69) is 20.4 Å². The van der Waals surface area contributed by atoms with Gasteiger partial charge < -0.3 is 10.2 Å². The van der Waals surface area contributed by atoms with Crippen LogP contribution in [-0.4, -0.2) is 27.7 Å². The number of hydrogen-bond acceptors (Lipinski definition) is 4. The average Bonchev–Trinajstić information content (AvgIpc) is 2.39. The average molecular weight is 258 g/mol. The molecule has 0 atom stereocenters. The van der Waals surface area contributed by atoms with Gasteiger partial charge >= 0.3 is 0 Å². The highest BCUT2D eigenvalue weighted by molar-refractivity contribution is 5.51. The lowest BCUT2D eigenvalue weighted by atomic mass is 10.3. The summed E-state index contributed by atoms with van der Waals surface area (Å²) in [6, 6.07) is 8.00. The van der Waals surface area contributed by atoms with Crippen LogP contribution >= 0.6 is 0 Å². The minimum absolute atomic E-state index is 0.588. The van der Waals surface area contributed by atoms with Crippen molar-refractivity contribution in [2.75, 3.05) is 32.6 Å². The molecule has 1 rings (SSSR count). The molecule has 0 unspecified atom stereocenters. The first kappa shape index (κ1) is 15.0. The molecule has 0 aromatic heterocycles. The zero-order chi connectivity index (χ0) is 14.1. The van der Waals surface area contributed by atoms with Crippen LogP contribution in [-0.2, 0) is 0 Å². The summed E-state index contributed by atoms with van der Waals surface area (Å²) >= 11 is 0. The molecule has 1 aromatic rings. The lowest BCUT2D eigenvalue weighted by Gasteiger charge is -2.11. The molecule has 0 radical (unpaired) electrons. The zero-order valence-electron chi connectivity index (χ0n) is 12.1. The Hall–Kier alpha value is -2.10. The molecule has 19 heavy (non-hydrogen) atoms. The molecular weight excluding hydrogens is 236 g/mol. The van der Waals surface area contributed by atoms with Crippen molar-refractivity contribution in [2.45, 2.75) is 6.92 Å². The fourth-order valence-corrected chi connectivity index (χ4v) is 1.50. The van der Waals surface area contributed by atoms with Crippen molar-refractivity contribution in [1.29, 1.82) is 0 Å². The van der Waals surface area contributed by atoms with Gasteiger partial charge in [0, 0.05) is 26.8 Å². The topological polar surface area (TPSA) is 40.0 Å². The van der Waals surface area contributed by atoms with E-state index in [0.29, 0.717) is 6.54 Å². The van der Waals surface area contributed by atoms with E-state index in [0.717, 1.165) is 16.9 Å². The van der Waals surface area contributed by atoms with Gasteiger partial charge in [-0.3, -0.25) is 0 Å². The molecule has 1 aromatic carbocycles. The Morgan fingerprint density at radius 2 is 1.95 bits per heavy atom. The summed E-state index contributed by atoms with van der Waals surface area (Å²) in [7, 11) is 5.92. The molecular formula is C15H22N4. The first-order valence-corrected chi connectivity index (χ1v) is 6.29. The van der Waals surface area contributed by atoms with E-state index in [9.17, 15) is 0 Å². The van der Waals surface area contributed by atoms with Gasteiger partial charge in [0.1, 0.15) is 0 Å². The van der Waals surface area contributed by atoms with Crippen LogP contribution in [0.25, 0.3) is 0 Å². The maximum atomic E-state index is 4.17. The van der Waals surface area contributed by atoms with Gasteiger partial charge in [-0.1, -0.05) is 12.2 Å². The van der Waals surface area contributed by atoms with Gasteiger partial charge in [-0.15, -0.1) is 0 Å². The summed E-state index contributed by atoms with van der Waals surface area (Å²) in [5.41, 5.74) is 3.20. The Morgan fingerprint density at radius 3 is 2.53 bits per heavy atom. The Morgan fingerprint density at radius 1 is 1.26 bits per heavy atom. The normalized spacial score (nSPS) is 12.3. The smallest absolute Gasteiger partial charge is 0.0854 e. The van der Waals surface area contributed by atoms with E-state index < -0.39 is 0 Å². The molecule has 0 aliphatic carbocycles. The quantitative estimate of drug-likeness (QED) is 0.626. The molecule has 1 N–H and O–H groups in total. The van der Waals surface area contributed by atoms with Crippen LogP contribution < -0.4 is 10.2 Å². The zero-order valence-corrected chi connectivity index (χ0v) is 12.1. The van der Waals surface area contributed by atoms with Crippen LogP contribution in [0.4, 0.5) is 11.4 Å². The van der Waals surface area contributed by atoms with Gasteiger partial charge in [-0.2, -0.15) is 10.2 Å². The predicted octanol–water partition coefficient (Wildman–Crippen LogP) is 3.52. The lowest BCUT2D eigenvalue weighted by molar-refractivity contribution is 1.06. The number of nitrogens with one attached hydrogen (secondary N) is 1. The van der Waals surface area contributed by atoms with Crippen molar-refractivity contribution >= 4 is 11.4 Å². The molecule has 0 amide bonds. The highest BCUT2D eigenvalue weighted by atomic mass is 15.1. The number of benzene rings is 1. The number of hydrogen-bond donors (Lipinski definition) is 1. The second-order valence-electron chi connectivity index (χ2n) is 4.41. The maximum Gasteiger partial charge on any atom is 0.0854 e. The fourth-order valence-electron chi connectivity index (χ4n) is 1.50. The molecule has 4 heteroatoms. The van der Waals surface area contributed by atoms with E-state index in [4.69, 9.17) is 0 Å². The second-order valence-corrected chi connectivity index (χ2v) is 4.41. The minimum Gasteiger partial charge on any atom is -0.394 e. The van der Waals surface area contributed by atoms with Gasteiger partial charge in [0.05, 0.1) is 12.2 Å². The van der Waals surface area contributed by atoms with Crippen molar-refractivity contribution in [1.82, 2.24) is 5.32 Å². The molecule has 0 aliphatic heterocycles. The van der Waals surface area contributed by atoms with Gasteiger partial charge in [-0.25, -0.2) is 0 Å². The molecule has 0 fully saturated rings. The van der Waals surface area contributed by atoms with Gasteiger partial charge in [0.2, 0.25) is 0 Å². The Balaban J connectivity index is 2.47. The molecule has 0 aliphatic rings. The van der Waals surface area contributed by atoms with E-state index in [1.54, 1.807) is 0 Å². The second kappa shape index (κ2) is 8.08. The minimum atomic E-state index is 0.588. The Bertz CT molecular complexity index is 456. The highest BCUT2D eigenvalue weighted by Gasteiger charge is 1.94. The SMILES string of the molecule is CN/C=C(C)\C=C/C/N=N/c1ccc(N(C)C)cc1. The monoisotopic (exact) mass is 258 g/mol. The van der Waals surface area contributed by atoms with E-state index in [1.807, 2.05) is 70.7 Å². The predicted molar refractivity (Wildman–Crippen MR) is 82.1 cm³/mol. The summed E-state index contributed by atoms with van der Waals surface area (Å²) in [5, 5.41) is 11.3. The number of azo groups is 1. The Labute approximate surface area is 115 Å². The summed E-state index contributed by atoms with van der Waals surface area (Å²) < 4.78 is 0. The van der Waals surface area contributed by atoms with Crippen molar-refractivity contribution in [3.63, 3.8) is 0 Å². The van der Waals surface area contributed by atoms with E-state index >= 15 is 0 Å². The lowest BCUT2D eigenvalue weighted by Crippen LogP contribution is -2.07. The van der Waals surface area contributed by atoms with Crippen molar-refractivity contribution in [2.24, 2.45) is 10.2 Å².